The van der Waals surface area contributed by atoms with E-state index in [4.69, 9.17) is 5.11 Å². The van der Waals surface area contributed by atoms with E-state index >= 15 is 0 Å². The SMILES string of the molecule is CC(C)(CN1CCCCCC1CO)C(=O)O. The van der Waals surface area contributed by atoms with Crippen LogP contribution in [0.4, 0.5) is 0 Å². The third-order valence-corrected chi connectivity index (χ3v) is 3.39. The Morgan fingerprint density at radius 3 is 2.62 bits per heavy atom. The van der Waals surface area contributed by atoms with E-state index in [9.17, 15) is 9.90 Å². The Morgan fingerprint density at radius 1 is 1.38 bits per heavy atom. The average Bonchev–Trinajstić information content (AvgIpc) is 2.42. The van der Waals surface area contributed by atoms with Gasteiger partial charge in [0, 0.05) is 12.6 Å². The van der Waals surface area contributed by atoms with Gasteiger partial charge in [-0.25, -0.2) is 0 Å². The number of aliphatic carboxylic acids is 1. The predicted octanol–water partition coefficient (Wildman–Crippen LogP) is 1.33. The number of nitrogens with zero attached hydrogens (tertiary/aromatic N) is 1. The first-order valence-corrected chi connectivity index (χ1v) is 6.05. The molecule has 0 radical (unpaired) electrons. The molecule has 2 N–H and O–H groups in total. The molecule has 0 spiro atoms. The van der Waals surface area contributed by atoms with Gasteiger partial charge in [-0.2, -0.15) is 0 Å². The molecule has 1 fully saturated rings. The molecular weight excluding hydrogens is 206 g/mol. The lowest BCUT2D eigenvalue weighted by Gasteiger charge is -2.33. The number of hydrogen-bond acceptors (Lipinski definition) is 3. The van der Waals surface area contributed by atoms with Crippen LogP contribution in [-0.2, 0) is 4.79 Å². The molecule has 0 bridgehead atoms. The second kappa shape index (κ2) is 5.64. The van der Waals surface area contributed by atoms with Crippen molar-refractivity contribution in [3.63, 3.8) is 0 Å². The lowest BCUT2D eigenvalue weighted by Crippen LogP contribution is -2.45. The van der Waals surface area contributed by atoms with Crippen LogP contribution in [0, 0.1) is 5.41 Å². The molecule has 0 aromatic heterocycles. The van der Waals surface area contributed by atoms with Crippen molar-refractivity contribution in [2.45, 2.75) is 45.6 Å². The molecule has 1 unspecified atom stereocenters. The van der Waals surface area contributed by atoms with Crippen molar-refractivity contribution in [2.24, 2.45) is 5.41 Å². The van der Waals surface area contributed by atoms with Crippen LogP contribution in [0.3, 0.4) is 0 Å². The summed E-state index contributed by atoms with van der Waals surface area (Å²) in [6, 6.07) is 0.140. The molecule has 94 valence electrons. The monoisotopic (exact) mass is 229 g/mol. The molecule has 16 heavy (non-hydrogen) atoms. The fourth-order valence-electron chi connectivity index (χ4n) is 2.23. The molecule has 0 aliphatic carbocycles. The van der Waals surface area contributed by atoms with Crippen molar-refractivity contribution in [3.05, 3.63) is 0 Å². The normalized spacial score (nSPS) is 24.1. The largest absolute Gasteiger partial charge is 0.481 e. The summed E-state index contributed by atoms with van der Waals surface area (Å²) in [5, 5.41) is 18.4. The zero-order valence-electron chi connectivity index (χ0n) is 10.3. The summed E-state index contributed by atoms with van der Waals surface area (Å²) >= 11 is 0. The summed E-state index contributed by atoms with van der Waals surface area (Å²) in [5.74, 6) is -0.770. The third kappa shape index (κ3) is 3.46. The van der Waals surface area contributed by atoms with Crippen LogP contribution in [0.5, 0.6) is 0 Å². The minimum atomic E-state index is -0.770. The molecule has 0 aromatic carbocycles. The van der Waals surface area contributed by atoms with Gasteiger partial charge in [-0.15, -0.1) is 0 Å². The first-order valence-electron chi connectivity index (χ1n) is 6.05. The van der Waals surface area contributed by atoms with Crippen LogP contribution in [0.1, 0.15) is 39.5 Å². The van der Waals surface area contributed by atoms with Crippen molar-refractivity contribution in [1.29, 1.82) is 0 Å². The van der Waals surface area contributed by atoms with E-state index in [1.807, 2.05) is 0 Å². The Hall–Kier alpha value is -0.610. The maximum Gasteiger partial charge on any atom is 0.310 e. The van der Waals surface area contributed by atoms with Crippen molar-refractivity contribution in [3.8, 4) is 0 Å². The quantitative estimate of drug-likeness (QED) is 0.763. The maximum atomic E-state index is 11.1. The van der Waals surface area contributed by atoms with Gasteiger partial charge in [0.25, 0.3) is 0 Å². The zero-order chi connectivity index (χ0) is 12.2. The first kappa shape index (κ1) is 13.5. The highest BCUT2D eigenvalue weighted by Crippen LogP contribution is 2.23. The number of hydrogen-bond donors (Lipinski definition) is 2. The highest BCUT2D eigenvalue weighted by atomic mass is 16.4. The molecule has 1 aliphatic heterocycles. The summed E-state index contributed by atoms with van der Waals surface area (Å²) in [7, 11) is 0. The van der Waals surface area contributed by atoms with Gasteiger partial charge in [0.15, 0.2) is 0 Å². The van der Waals surface area contributed by atoms with E-state index in [1.54, 1.807) is 13.8 Å². The molecule has 1 saturated heterocycles. The van der Waals surface area contributed by atoms with Gasteiger partial charge in [0.1, 0.15) is 0 Å². The second-order valence-electron chi connectivity index (χ2n) is 5.35. The lowest BCUT2D eigenvalue weighted by atomic mass is 9.92. The number of likely N-dealkylation sites (tertiary alicyclic amines) is 1. The number of aliphatic hydroxyl groups is 1. The van der Waals surface area contributed by atoms with Gasteiger partial charge in [-0.1, -0.05) is 12.8 Å². The maximum absolute atomic E-state index is 11.1. The lowest BCUT2D eigenvalue weighted by molar-refractivity contribution is -0.148. The zero-order valence-corrected chi connectivity index (χ0v) is 10.3. The van der Waals surface area contributed by atoms with Crippen molar-refractivity contribution >= 4 is 5.97 Å². The van der Waals surface area contributed by atoms with Gasteiger partial charge in [-0.3, -0.25) is 9.69 Å². The summed E-state index contributed by atoms with van der Waals surface area (Å²) in [5.41, 5.74) is -0.738. The van der Waals surface area contributed by atoms with Gasteiger partial charge < -0.3 is 10.2 Å². The van der Waals surface area contributed by atoms with Gasteiger partial charge >= 0.3 is 5.97 Å². The van der Waals surface area contributed by atoms with E-state index in [-0.39, 0.29) is 12.6 Å². The molecule has 4 nitrogen and oxygen atoms in total. The molecule has 4 heteroatoms. The Bertz CT molecular complexity index is 240. The highest BCUT2D eigenvalue weighted by Gasteiger charge is 2.32. The fraction of sp³-hybridized carbons (Fsp3) is 0.917. The van der Waals surface area contributed by atoms with Gasteiger partial charge in [-0.05, 0) is 33.2 Å². The summed E-state index contributed by atoms with van der Waals surface area (Å²) in [4.78, 5) is 13.2. The smallest absolute Gasteiger partial charge is 0.310 e. The number of carboxylic acids is 1. The Balaban J connectivity index is 2.64. The summed E-state index contributed by atoms with van der Waals surface area (Å²) < 4.78 is 0. The Kier molecular flexibility index (Phi) is 4.74. The molecule has 1 heterocycles. The molecule has 0 amide bonds. The van der Waals surface area contributed by atoms with Crippen LogP contribution in [0.25, 0.3) is 0 Å². The van der Waals surface area contributed by atoms with E-state index in [2.05, 4.69) is 4.90 Å². The first-order chi connectivity index (χ1) is 7.47. The van der Waals surface area contributed by atoms with E-state index in [0.717, 1.165) is 25.8 Å². The highest BCUT2D eigenvalue weighted by molar-refractivity contribution is 5.73. The Morgan fingerprint density at radius 2 is 2.06 bits per heavy atom. The Labute approximate surface area is 97.3 Å². The van der Waals surface area contributed by atoms with Crippen molar-refractivity contribution in [1.82, 2.24) is 4.90 Å². The molecule has 0 aromatic rings. The topological polar surface area (TPSA) is 60.8 Å². The molecule has 1 rings (SSSR count). The van der Waals surface area contributed by atoms with Crippen LogP contribution >= 0.6 is 0 Å². The standard InChI is InChI=1S/C12H23NO3/c1-12(2,11(15)16)9-13-7-5-3-4-6-10(13)8-14/h10,14H,3-9H2,1-2H3,(H,15,16). The van der Waals surface area contributed by atoms with Gasteiger partial charge in [0.05, 0.1) is 12.0 Å². The average molecular weight is 229 g/mol. The molecule has 1 aliphatic rings. The molecule has 1 atom stereocenters. The minimum Gasteiger partial charge on any atom is -0.481 e. The van der Waals surface area contributed by atoms with E-state index in [0.29, 0.717) is 6.54 Å². The third-order valence-electron chi connectivity index (χ3n) is 3.39. The molecular formula is C12H23NO3. The summed E-state index contributed by atoms with van der Waals surface area (Å²) in [6.45, 7) is 5.05. The van der Waals surface area contributed by atoms with Crippen molar-refractivity contribution in [2.75, 3.05) is 19.7 Å². The van der Waals surface area contributed by atoms with Crippen LogP contribution in [0.15, 0.2) is 0 Å². The van der Waals surface area contributed by atoms with Crippen molar-refractivity contribution < 1.29 is 15.0 Å². The van der Waals surface area contributed by atoms with Gasteiger partial charge in [0.2, 0.25) is 0 Å². The predicted molar refractivity (Wildman–Crippen MR) is 62.3 cm³/mol. The second-order valence-corrected chi connectivity index (χ2v) is 5.35. The number of carbonyl (C=O) groups is 1. The van der Waals surface area contributed by atoms with Crippen LogP contribution < -0.4 is 0 Å². The van der Waals surface area contributed by atoms with Crippen LogP contribution in [0.2, 0.25) is 0 Å². The number of carboxylic acid groups (broad SMARTS) is 1. The summed E-state index contributed by atoms with van der Waals surface area (Å²) in [6.07, 6.45) is 4.40. The fourth-order valence-corrected chi connectivity index (χ4v) is 2.23. The number of aliphatic hydroxyl groups excluding tert-OH is 1. The van der Waals surface area contributed by atoms with E-state index in [1.165, 1.54) is 6.42 Å². The van der Waals surface area contributed by atoms with Crippen LogP contribution in [-0.4, -0.2) is 46.8 Å². The number of rotatable bonds is 4. The molecule has 0 saturated carbocycles. The minimum absolute atomic E-state index is 0.135. The van der Waals surface area contributed by atoms with E-state index < -0.39 is 11.4 Å².